The van der Waals surface area contributed by atoms with Gasteiger partial charge in [-0.3, -0.25) is 24.1 Å². The molecule has 1 aromatic carbocycles. The monoisotopic (exact) mass is 572 g/mol. The van der Waals surface area contributed by atoms with Crippen LogP contribution in [0.15, 0.2) is 29.0 Å². The molecule has 0 aliphatic heterocycles. The highest BCUT2D eigenvalue weighted by atomic mass is 16.4. The summed E-state index contributed by atoms with van der Waals surface area (Å²) in [5.41, 5.74) is 6.75. The molecule has 10 N–H and O–H groups in total. The Morgan fingerprint density at radius 1 is 1.15 bits per heavy atom. The summed E-state index contributed by atoms with van der Waals surface area (Å²) in [6.07, 6.45) is -1.32. The van der Waals surface area contributed by atoms with E-state index < -0.39 is 93.3 Å². The quantitative estimate of drug-likeness (QED) is 0.164. The zero-order valence-electron chi connectivity index (χ0n) is 23.4. The van der Waals surface area contributed by atoms with E-state index >= 15 is 0 Å². The normalized spacial score (nSPS) is 30.2. The fraction of sp³-hybridized carbons (Fsp3) is 0.500. The van der Waals surface area contributed by atoms with Crippen molar-refractivity contribution in [1.82, 2.24) is 4.90 Å². The molecule has 0 saturated heterocycles. The van der Waals surface area contributed by atoms with Crippen LogP contribution in [0.5, 0.6) is 5.75 Å². The van der Waals surface area contributed by atoms with Crippen molar-refractivity contribution in [2.75, 3.05) is 19.4 Å². The maximum Gasteiger partial charge on any atom is 0.255 e. The van der Waals surface area contributed by atoms with Gasteiger partial charge in [-0.05, 0) is 44.0 Å². The third-order valence-electron chi connectivity index (χ3n) is 8.45. The number of nitrogens with one attached hydrogen (secondary N) is 1. The first-order valence-electron chi connectivity index (χ1n) is 13.2. The zero-order chi connectivity index (χ0) is 30.9. The Hall–Kier alpha value is -3.78. The SMILES string of the molecule is CC(C)C[C@H](N)C(=O)Nc1ccc2c(c1O)C(O)=C1C(=O)[C@]3(O)C(O)=C(C(N)=O)C(=O)[C@@H](N(C)C)C3C(O)C1[C@H]2C. The number of aliphatic hydroxyl groups is 4. The molecule has 0 radical (unpaired) electrons. The Bertz CT molecular complexity index is 1420. The molecule has 41 heavy (non-hydrogen) atoms. The molecule has 0 aromatic heterocycles. The van der Waals surface area contributed by atoms with Crippen molar-refractivity contribution in [1.29, 1.82) is 0 Å². The van der Waals surface area contributed by atoms with E-state index in [4.69, 9.17) is 11.5 Å². The van der Waals surface area contributed by atoms with Crippen LogP contribution in [0.25, 0.3) is 5.76 Å². The van der Waals surface area contributed by atoms with E-state index in [1.165, 1.54) is 31.1 Å². The van der Waals surface area contributed by atoms with E-state index in [-0.39, 0.29) is 17.2 Å². The van der Waals surface area contributed by atoms with Crippen LogP contribution in [0.1, 0.15) is 44.2 Å². The van der Waals surface area contributed by atoms with Crippen LogP contribution in [0.3, 0.4) is 0 Å². The van der Waals surface area contributed by atoms with Crippen molar-refractivity contribution in [3.8, 4) is 5.75 Å². The molecule has 1 aromatic rings. The number of nitrogens with two attached hydrogens (primary N) is 2. The molecule has 0 bridgehead atoms. The smallest absolute Gasteiger partial charge is 0.255 e. The summed E-state index contributed by atoms with van der Waals surface area (Å²) >= 11 is 0. The van der Waals surface area contributed by atoms with Crippen molar-refractivity contribution in [3.63, 3.8) is 0 Å². The van der Waals surface area contributed by atoms with Gasteiger partial charge in [0.2, 0.25) is 11.7 Å². The number of benzene rings is 1. The molecular formula is C28H36N4O9. The van der Waals surface area contributed by atoms with Crippen LogP contribution in [0, 0.1) is 17.8 Å². The van der Waals surface area contributed by atoms with Crippen LogP contribution in [-0.4, -0.2) is 91.7 Å². The Labute approximate surface area is 236 Å². The van der Waals surface area contributed by atoms with Crippen LogP contribution >= 0.6 is 0 Å². The number of primary amides is 1. The van der Waals surface area contributed by atoms with Crippen molar-refractivity contribution in [3.05, 3.63) is 40.2 Å². The van der Waals surface area contributed by atoms with Gasteiger partial charge in [-0.2, -0.15) is 0 Å². The van der Waals surface area contributed by atoms with Gasteiger partial charge in [-0.15, -0.1) is 0 Å². The first-order valence-corrected chi connectivity index (χ1v) is 13.2. The van der Waals surface area contributed by atoms with Crippen molar-refractivity contribution in [2.45, 2.75) is 56.9 Å². The molecule has 3 unspecified atom stereocenters. The van der Waals surface area contributed by atoms with Crippen LogP contribution < -0.4 is 16.8 Å². The molecule has 1 saturated carbocycles. The predicted molar refractivity (Wildman–Crippen MR) is 146 cm³/mol. The number of fused-ring (bicyclic) bond motifs is 3. The van der Waals surface area contributed by atoms with Gasteiger partial charge in [0.05, 0.1) is 35.4 Å². The summed E-state index contributed by atoms with van der Waals surface area (Å²) in [5.74, 6) is -10.4. The number of aromatic hydroxyl groups is 1. The lowest BCUT2D eigenvalue weighted by Gasteiger charge is -2.53. The number of rotatable bonds is 6. The molecule has 0 spiro atoms. The number of ketones is 2. The van der Waals surface area contributed by atoms with Gasteiger partial charge in [0.25, 0.3) is 5.91 Å². The lowest BCUT2D eigenvalue weighted by atomic mass is 9.54. The highest BCUT2D eigenvalue weighted by Crippen LogP contribution is 2.56. The number of hydrogen-bond acceptors (Lipinski definition) is 11. The molecule has 3 aliphatic carbocycles. The number of likely N-dealkylation sites (N-methyl/N-ethyl adjacent to an activating group) is 1. The van der Waals surface area contributed by atoms with Crippen LogP contribution in [-0.2, 0) is 19.2 Å². The molecule has 13 heteroatoms. The predicted octanol–water partition coefficient (Wildman–Crippen LogP) is -0.192. The summed E-state index contributed by atoms with van der Waals surface area (Å²) < 4.78 is 0. The lowest BCUT2D eigenvalue weighted by Crippen LogP contribution is -2.70. The second kappa shape index (κ2) is 10.2. The minimum absolute atomic E-state index is 0.0964. The fourth-order valence-electron chi connectivity index (χ4n) is 6.56. The molecule has 222 valence electrons. The maximum atomic E-state index is 14.0. The number of Topliss-reactive ketones (excluding diaryl/α,β-unsaturated/α-hetero) is 2. The first-order chi connectivity index (χ1) is 19.0. The van der Waals surface area contributed by atoms with Gasteiger partial charge in [0.1, 0.15) is 22.8 Å². The van der Waals surface area contributed by atoms with Gasteiger partial charge in [0.15, 0.2) is 11.4 Å². The summed E-state index contributed by atoms with van der Waals surface area (Å²) in [6, 6.07) is 0.591. The Morgan fingerprint density at radius 2 is 1.76 bits per heavy atom. The Balaban J connectivity index is 1.91. The lowest BCUT2D eigenvalue weighted by molar-refractivity contribution is -0.169. The number of hydrogen-bond donors (Lipinski definition) is 8. The van der Waals surface area contributed by atoms with E-state index in [2.05, 4.69) is 5.32 Å². The fourth-order valence-corrected chi connectivity index (χ4v) is 6.56. The summed E-state index contributed by atoms with van der Waals surface area (Å²) in [5, 5.41) is 59.4. The number of carbonyl (C=O) groups excluding carboxylic acids is 4. The maximum absolute atomic E-state index is 14.0. The van der Waals surface area contributed by atoms with Gasteiger partial charge >= 0.3 is 0 Å². The zero-order valence-corrected chi connectivity index (χ0v) is 23.4. The minimum atomic E-state index is -3.01. The number of anilines is 1. The topological polar surface area (TPSA) is 237 Å². The average Bonchev–Trinajstić information content (AvgIpc) is 2.86. The third-order valence-corrected chi connectivity index (χ3v) is 8.45. The third kappa shape index (κ3) is 4.31. The van der Waals surface area contributed by atoms with Crippen molar-refractivity contribution >= 4 is 34.8 Å². The van der Waals surface area contributed by atoms with E-state index in [1.54, 1.807) is 6.92 Å². The van der Waals surface area contributed by atoms with Gasteiger partial charge in [-0.1, -0.05) is 26.8 Å². The number of carbonyl (C=O) groups is 4. The standard InChI is InChI=1S/C28H36N4O9/c1-9(2)8-12(29)27(40)31-13-7-6-11-10(3)14-16(21(34)15(11)20(13)33)24(37)28(41)18(22(14)35)19(32(4)5)23(36)17(25(28)38)26(30)39/h6-7,9-10,12,14,18-19,22,33-35,38,41H,8,29H2,1-5H3,(H2,30,39)(H,31,40)/t10-,12-,14?,18?,19-,22?,28-/m0/s1. The van der Waals surface area contributed by atoms with Gasteiger partial charge in [0, 0.05) is 11.5 Å². The largest absolute Gasteiger partial charge is 0.508 e. The van der Waals surface area contributed by atoms with Gasteiger partial charge in [-0.25, -0.2) is 0 Å². The average molecular weight is 573 g/mol. The molecule has 3 aliphatic rings. The summed E-state index contributed by atoms with van der Waals surface area (Å²) in [4.78, 5) is 53.3. The highest BCUT2D eigenvalue weighted by molar-refractivity contribution is 6.24. The summed E-state index contributed by atoms with van der Waals surface area (Å²) in [7, 11) is 2.87. The van der Waals surface area contributed by atoms with Crippen LogP contribution in [0.2, 0.25) is 0 Å². The number of nitrogens with zero attached hydrogens (tertiary/aromatic N) is 1. The number of phenolic OH excluding ortho intramolecular Hbond substituents is 1. The Kier molecular flexibility index (Phi) is 7.54. The number of phenols is 1. The van der Waals surface area contributed by atoms with E-state index in [9.17, 15) is 44.7 Å². The summed E-state index contributed by atoms with van der Waals surface area (Å²) in [6.45, 7) is 5.40. The van der Waals surface area contributed by atoms with Gasteiger partial charge < -0.3 is 42.3 Å². The number of aliphatic hydroxyl groups excluding tert-OH is 3. The first kappa shape index (κ1) is 30.2. The number of amides is 2. The molecule has 7 atom stereocenters. The Morgan fingerprint density at radius 3 is 2.29 bits per heavy atom. The van der Waals surface area contributed by atoms with E-state index in [0.717, 1.165) is 0 Å². The molecule has 4 rings (SSSR count). The van der Waals surface area contributed by atoms with Crippen molar-refractivity contribution in [2.24, 2.45) is 29.2 Å². The molecular weight excluding hydrogens is 536 g/mol. The molecule has 1 fully saturated rings. The second-order valence-electron chi connectivity index (χ2n) is 11.7. The highest BCUT2D eigenvalue weighted by Gasteiger charge is 2.68. The van der Waals surface area contributed by atoms with Crippen LogP contribution in [0.4, 0.5) is 5.69 Å². The molecule has 2 amide bonds. The van der Waals surface area contributed by atoms with Crippen molar-refractivity contribution < 1.29 is 44.7 Å². The molecule has 0 heterocycles. The second-order valence-corrected chi connectivity index (χ2v) is 11.7. The van der Waals surface area contributed by atoms with E-state index in [1.807, 2.05) is 13.8 Å². The van der Waals surface area contributed by atoms with E-state index in [0.29, 0.717) is 12.0 Å². The molecule has 13 nitrogen and oxygen atoms in total. The minimum Gasteiger partial charge on any atom is -0.508 e.